The quantitative estimate of drug-likeness (QED) is 0.202. The third-order valence-electron chi connectivity index (χ3n) is 8.97. The van der Waals surface area contributed by atoms with E-state index in [-0.39, 0.29) is 10.8 Å². The molecule has 0 fully saturated rings. The predicted molar refractivity (Wildman–Crippen MR) is 202 cm³/mol. The molecule has 1 aromatic heterocycles. The molecule has 0 spiro atoms. The summed E-state index contributed by atoms with van der Waals surface area (Å²) in [6.45, 7) is 15.7. The van der Waals surface area contributed by atoms with Gasteiger partial charge in [0.1, 0.15) is 6.33 Å². The number of fused-ring (bicyclic) bond motifs is 1. The monoisotopic (exact) mass is 618 g/mol. The molecule has 0 radical (unpaired) electrons. The van der Waals surface area contributed by atoms with Gasteiger partial charge >= 0.3 is 0 Å². The van der Waals surface area contributed by atoms with Crippen molar-refractivity contribution in [3.8, 4) is 33.5 Å². The molecule has 1 heterocycles. The highest BCUT2D eigenvalue weighted by Gasteiger charge is 2.22. The van der Waals surface area contributed by atoms with E-state index >= 15 is 0 Å². The number of benzene rings is 5. The fraction of sp³-hybridized carbons (Fsp3) is 0.256. The Bertz CT molecular complexity index is 2060. The molecule has 4 nitrogen and oxygen atoms in total. The molecule has 1 N–H and O–H groups in total. The first kappa shape index (κ1) is 32.0. The van der Waals surface area contributed by atoms with Crippen molar-refractivity contribution in [2.24, 2.45) is 0 Å². The van der Waals surface area contributed by atoms with Crippen LogP contribution in [0, 0.1) is 6.92 Å². The number of rotatable bonds is 6. The summed E-state index contributed by atoms with van der Waals surface area (Å²) in [6.07, 6.45) is 1.69. The smallest absolute Gasteiger partial charge is 0.116 e. The number of nitrogens with one attached hydrogen (secondary N) is 1. The maximum absolute atomic E-state index is 4.84. The van der Waals surface area contributed by atoms with Crippen molar-refractivity contribution in [3.05, 3.63) is 126 Å². The molecule has 0 aliphatic heterocycles. The van der Waals surface area contributed by atoms with Crippen molar-refractivity contribution in [1.29, 1.82) is 0 Å². The summed E-state index contributed by atoms with van der Waals surface area (Å²) in [7, 11) is 4.25. The highest BCUT2D eigenvalue weighted by molar-refractivity contribution is 5.97. The van der Waals surface area contributed by atoms with Crippen LogP contribution in [0.3, 0.4) is 0 Å². The Morgan fingerprint density at radius 1 is 0.574 bits per heavy atom. The molecule has 47 heavy (non-hydrogen) atoms. The lowest BCUT2D eigenvalue weighted by Crippen LogP contribution is -2.14. The molecule has 0 atom stereocenters. The van der Waals surface area contributed by atoms with E-state index in [1.807, 2.05) is 0 Å². The average molecular weight is 619 g/mol. The zero-order valence-corrected chi connectivity index (χ0v) is 29.2. The summed E-state index contributed by atoms with van der Waals surface area (Å²) < 4.78 is 0. The number of aromatic nitrogens is 2. The molecule has 0 saturated carbocycles. The summed E-state index contributed by atoms with van der Waals surface area (Å²) in [6, 6.07) is 37.3. The Morgan fingerprint density at radius 3 is 1.98 bits per heavy atom. The van der Waals surface area contributed by atoms with Gasteiger partial charge in [0.15, 0.2) is 0 Å². The van der Waals surface area contributed by atoms with Crippen molar-refractivity contribution >= 4 is 28.0 Å². The van der Waals surface area contributed by atoms with Gasteiger partial charge in [0.05, 0.1) is 22.6 Å². The highest BCUT2D eigenvalue weighted by atomic mass is 15.1. The normalized spacial score (nSPS) is 11.9. The van der Waals surface area contributed by atoms with Gasteiger partial charge < -0.3 is 10.2 Å². The Hall–Kier alpha value is -4.96. The number of hydrogen-bond donors (Lipinski definition) is 1. The van der Waals surface area contributed by atoms with Crippen molar-refractivity contribution in [1.82, 2.24) is 9.97 Å². The number of aryl methyl sites for hydroxylation is 1. The van der Waals surface area contributed by atoms with Crippen LogP contribution in [0.25, 0.3) is 44.4 Å². The van der Waals surface area contributed by atoms with Crippen molar-refractivity contribution in [2.45, 2.75) is 59.3 Å². The van der Waals surface area contributed by atoms with E-state index in [9.17, 15) is 0 Å². The maximum atomic E-state index is 4.84. The van der Waals surface area contributed by atoms with E-state index in [4.69, 9.17) is 4.98 Å². The molecule has 0 bridgehead atoms. The van der Waals surface area contributed by atoms with Crippen LogP contribution in [-0.4, -0.2) is 24.1 Å². The van der Waals surface area contributed by atoms with Crippen molar-refractivity contribution < 1.29 is 0 Å². The van der Waals surface area contributed by atoms with E-state index < -0.39 is 0 Å². The fourth-order valence-corrected chi connectivity index (χ4v) is 6.30. The topological polar surface area (TPSA) is 41.0 Å². The van der Waals surface area contributed by atoms with E-state index in [0.717, 1.165) is 55.9 Å². The largest absolute Gasteiger partial charge is 0.375 e. The van der Waals surface area contributed by atoms with Crippen LogP contribution in [-0.2, 0) is 10.8 Å². The zero-order chi connectivity index (χ0) is 33.5. The van der Waals surface area contributed by atoms with Crippen LogP contribution >= 0.6 is 0 Å². The average Bonchev–Trinajstić information content (AvgIpc) is 3.04. The third kappa shape index (κ3) is 6.51. The Kier molecular flexibility index (Phi) is 8.40. The summed E-state index contributed by atoms with van der Waals surface area (Å²) in [5, 5.41) is 4.94. The summed E-state index contributed by atoms with van der Waals surface area (Å²) in [5.41, 5.74) is 14.7. The number of nitrogens with zero attached hydrogens (tertiary/aromatic N) is 3. The molecule has 0 aliphatic rings. The lowest BCUT2D eigenvalue weighted by atomic mass is 9.83. The van der Waals surface area contributed by atoms with Gasteiger partial charge in [0.25, 0.3) is 0 Å². The molecule has 4 heteroatoms. The second kappa shape index (κ2) is 12.3. The van der Waals surface area contributed by atoms with Gasteiger partial charge in [-0.25, -0.2) is 9.97 Å². The Labute approximate surface area is 280 Å². The predicted octanol–water partition coefficient (Wildman–Crippen LogP) is 11.3. The standard InChI is InChI=1S/C43H46N4/c1-28-15-13-19-35-39(28)44-27-45-40(35)31-23-30(24-33(25-31)43(5,6)7)34-18-14-20-38(41(34)47(8)9)46-37-22-21-32(42(2,3)4)26-36(37)29-16-11-10-12-17-29/h10-27,46H,1-9H3. The Morgan fingerprint density at radius 2 is 1.28 bits per heavy atom. The summed E-state index contributed by atoms with van der Waals surface area (Å²) in [4.78, 5) is 11.7. The number of anilines is 3. The molecule has 6 aromatic rings. The molecule has 6 rings (SSSR count). The SMILES string of the molecule is Cc1cccc2c(-c3cc(-c4cccc(Nc5ccc(C(C)(C)C)cc5-c5ccccc5)c4N(C)C)cc(C(C)(C)C)c3)ncnc12. The summed E-state index contributed by atoms with van der Waals surface area (Å²) >= 11 is 0. The van der Waals surface area contributed by atoms with E-state index in [2.05, 4.69) is 181 Å². The molecular formula is C43H46N4. The molecule has 238 valence electrons. The minimum absolute atomic E-state index is 0.0419. The van der Waals surface area contributed by atoms with E-state index in [1.165, 1.54) is 22.3 Å². The maximum Gasteiger partial charge on any atom is 0.116 e. The van der Waals surface area contributed by atoms with Gasteiger partial charge in [0, 0.05) is 41.9 Å². The summed E-state index contributed by atoms with van der Waals surface area (Å²) in [5.74, 6) is 0. The first-order chi connectivity index (χ1) is 22.3. The lowest BCUT2D eigenvalue weighted by molar-refractivity contribution is 0.590. The number of hydrogen-bond acceptors (Lipinski definition) is 4. The van der Waals surface area contributed by atoms with Crippen LogP contribution in [0.5, 0.6) is 0 Å². The molecule has 0 amide bonds. The van der Waals surface area contributed by atoms with E-state index in [0.29, 0.717) is 0 Å². The Balaban J connectivity index is 1.53. The highest BCUT2D eigenvalue weighted by Crippen LogP contribution is 2.43. The van der Waals surface area contributed by atoms with Crippen LogP contribution in [0.4, 0.5) is 17.1 Å². The van der Waals surface area contributed by atoms with Gasteiger partial charge in [-0.2, -0.15) is 0 Å². The van der Waals surface area contributed by atoms with Gasteiger partial charge in [-0.15, -0.1) is 0 Å². The lowest BCUT2D eigenvalue weighted by Gasteiger charge is -2.26. The molecule has 0 aliphatic carbocycles. The van der Waals surface area contributed by atoms with Crippen molar-refractivity contribution in [3.63, 3.8) is 0 Å². The number of para-hydroxylation sites is 2. The molecule has 0 saturated heterocycles. The fourth-order valence-electron chi connectivity index (χ4n) is 6.30. The van der Waals surface area contributed by atoms with E-state index in [1.54, 1.807) is 6.33 Å². The molecule has 0 unspecified atom stereocenters. The van der Waals surface area contributed by atoms with Crippen molar-refractivity contribution in [2.75, 3.05) is 24.3 Å². The van der Waals surface area contributed by atoms with Gasteiger partial charge in [-0.1, -0.05) is 114 Å². The third-order valence-corrected chi connectivity index (χ3v) is 8.97. The van der Waals surface area contributed by atoms with Crippen LogP contribution in [0.1, 0.15) is 58.2 Å². The second-order valence-corrected chi connectivity index (χ2v) is 14.8. The minimum atomic E-state index is -0.0585. The second-order valence-electron chi connectivity index (χ2n) is 14.8. The van der Waals surface area contributed by atoms with Crippen LogP contribution in [0.15, 0.2) is 109 Å². The van der Waals surface area contributed by atoms with Gasteiger partial charge in [0.2, 0.25) is 0 Å². The zero-order valence-electron chi connectivity index (χ0n) is 29.2. The molecular weight excluding hydrogens is 573 g/mol. The minimum Gasteiger partial charge on any atom is -0.375 e. The van der Waals surface area contributed by atoms with Gasteiger partial charge in [-0.05, 0) is 75.9 Å². The van der Waals surface area contributed by atoms with Gasteiger partial charge in [-0.3, -0.25) is 0 Å². The first-order valence-electron chi connectivity index (χ1n) is 16.5. The van der Waals surface area contributed by atoms with Crippen LogP contribution in [0.2, 0.25) is 0 Å². The first-order valence-corrected chi connectivity index (χ1v) is 16.5. The molecule has 5 aromatic carbocycles. The van der Waals surface area contributed by atoms with Crippen LogP contribution < -0.4 is 10.2 Å².